The lowest BCUT2D eigenvalue weighted by atomic mass is 9.91. The zero-order chi connectivity index (χ0) is 18.4. The lowest BCUT2D eigenvalue weighted by molar-refractivity contribution is -0.162. The van der Waals surface area contributed by atoms with Gasteiger partial charge in [-0.2, -0.15) is 5.10 Å². The number of aliphatic carboxylic acids is 1. The lowest BCUT2D eigenvalue weighted by Crippen LogP contribution is -2.50. The number of hydrogen-bond acceptors (Lipinski definition) is 4. The number of aromatic nitrogens is 3. The molecule has 1 fully saturated rings. The number of carbonyl (C=O) groups excluding carboxylic acids is 1. The minimum absolute atomic E-state index is 0.0191. The van der Waals surface area contributed by atoms with E-state index in [0.717, 1.165) is 11.4 Å². The second-order valence-electron chi connectivity index (χ2n) is 6.59. The first-order valence-electron chi connectivity index (χ1n) is 8.17. The molecule has 8 nitrogen and oxygen atoms in total. The van der Waals surface area contributed by atoms with Crippen LogP contribution in [0.1, 0.15) is 34.6 Å². The highest BCUT2D eigenvalue weighted by molar-refractivity contribution is 5.97. The molecular formula is C17H22N4O4. The normalized spacial score (nSPS) is 16.9. The zero-order valence-electron chi connectivity index (χ0n) is 14.6. The minimum atomic E-state index is -1.75. The molecule has 25 heavy (non-hydrogen) atoms. The van der Waals surface area contributed by atoms with Crippen molar-refractivity contribution in [3.8, 4) is 5.82 Å². The highest BCUT2D eigenvalue weighted by atomic mass is 16.4. The summed E-state index contributed by atoms with van der Waals surface area (Å²) in [5.41, 5.74) is 0.705. The van der Waals surface area contributed by atoms with Crippen molar-refractivity contribution in [3.63, 3.8) is 0 Å². The molecule has 1 saturated heterocycles. The van der Waals surface area contributed by atoms with E-state index in [4.69, 9.17) is 5.11 Å². The number of aliphatic hydroxyl groups is 1. The average Bonchev–Trinajstić information content (AvgIpc) is 3.09. The Kier molecular flexibility index (Phi) is 4.16. The fraction of sp³-hybridized carbons (Fsp3) is 0.471. The maximum absolute atomic E-state index is 13.0. The maximum Gasteiger partial charge on any atom is 0.335 e. The number of rotatable bonds is 3. The molecule has 0 radical (unpaired) electrons. The standard InChI is InChI=1S/C17H22N4O4/c1-11-4-5-12(2)21(11)14-13(10-18-19(14)3)15(22)20-8-6-17(25,7-9-20)16(23)24/h4-5,10,25H,6-9H2,1-3H3,(H,23,24). The van der Waals surface area contributed by atoms with Gasteiger partial charge >= 0.3 is 5.97 Å². The van der Waals surface area contributed by atoms with Gasteiger partial charge in [-0.1, -0.05) is 0 Å². The molecule has 0 atom stereocenters. The summed E-state index contributed by atoms with van der Waals surface area (Å²) in [6.45, 7) is 4.31. The van der Waals surface area contributed by atoms with Crippen LogP contribution in [0, 0.1) is 13.8 Å². The molecule has 134 valence electrons. The molecule has 3 heterocycles. The number of piperidine rings is 1. The van der Waals surface area contributed by atoms with Crippen molar-refractivity contribution in [3.05, 3.63) is 35.3 Å². The van der Waals surface area contributed by atoms with Crippen LogP contribution in [0.25, 0.3) is 5.82 Å². The van der Waals surface area contributed by atoms with Gasteiger partial charge in [0.2, 0.25) is 0 Å². The summed E-state index contributed by atoms with van der Waals surface area (Å²) in [5.74, 6) is -0.757. The Morgan fingerprint density at radius 2 is 1.72 bits per heavy atom. The summed E-state index contributed by atoms with van der Waals surface area (Å²) in [6.07, 6.45) is 1.57. The SMILES string of the molecule is Cc1ccc(C)n1-c1c(C(=O)N2CCC(O)(C(=O)O)CC2)cnn1C. The molecule has 0 aromatic carbocycles. The van der Waals surface area contributed by atoms with Crippen molar-refractivity contribution >= 4 is 11.9 Å². The predicted octanol–water partition coefficient (Wildman–Crippen LogP) is 0.879. The van der Waals surface area contributed by atoms with E-state index in [1.165, 1.54) is 6.20 Å². The van der Waals surface area contributed by atoms with E-state index in [9.17, 15) is 14.7 Å². The molecule has 0 aliphatic carbocycles. The first-order chi connectivity index (χ1) is 11.7. The van der Waals surface area contributed by atoms with Crippen molar-refractivity contribution in [1.29, 1.82) is 0 Å². The Labute approximate surface area is 145 Å². The van der Waals surface area contributed by atoms with Gasteiger partial charge in [-0.05, 0) is 26.0 Å². The van der Waals surface area contributed by atoms with Crippen LogP contribution >= 0.6 is 0 Å². The summed E-state index contributed by atoms with van der Waals surface area (Å²) < 4.78 is 3.63. The zero-order valence-corrected chi connectivity index (χ0v) is 14.6. The summed E-state index contributed by atoms with van der Waals surface area (Å²) in [4.78, 5) is 25.7. The van der Waals surface area contributed by atoms with Crippen LogP contribution in [-0.2, 0) is 11.8 Å². The van der Waals surface area contributed by atoms with Gasteiger partial charge in [-0.15, -0.1) is 0 Å². The van der Waals surface area contributed by atoms with Crippen LogP contribution < -0.4 is 0 Å². The molecular weight excluding hydrogens is 324 g/mol. The minimum Gasteiger partial charge on any atom is -0.479 e. The third-order valence-corrected chi connectivity index (χ3v) is 4.90. The first-order valence-corrected chi connectivity index (χ1v) is 8.17. The highest BCUT2D eigenvalue weighted by Crippen LogP contribution is 2.26. The Hall–Kier alpha value is -2.61. The molecule has 0 bridgehead atoms. The summed E-state index contributed by atoms with van der Waals surface area (Å²) in [5, 5.41) is 23.4. The Morgan fingerprint density at radius 3 is 2.24 bits per heavy atom. The van der Waals surface area contributed by atoms with Crippen molar-refractivity contribution in [2.45, 2.75) is 32.3 Å². The van der Waals surface area contributed by atoms with Gasteiger partial charge in [-0.3, -0.25) is 9.48 Å². The maximum atomic E-state index is 13.0. The largest absolute Gasteiger partial charge is 0.479 e. The van der Waals surface area contributed by atoms with Crippen LogP contribution in [-0.4, -0.2) is 60.0 Å². The molecule has 2 aromatic rings. The summed E-state index contributed by atoms with van der Waals surface area (Å²) >= 11 is 0. The molecule has 0 saturated carbocycles. The van der Waals surface area contributed by atoms with E-state index in [-0.39, 0.29) is 31.8 Å². The predicted molar refractivity (Wildman–Crippen MR) is 89.7 cm³/mol. The molecule has 3 rings (SSSR count). The van der Waals surface area contributed by atoms with E-state index < -0.39 is 11.6 Å². The smallest absolute Gasteiger partial charge is 0.335 e. The Bertz CT molecular complexity index is 808. The van der Waals surface area contributed by atoms with Crippen LogP contribution in [0.3, 0.4) is 0 Å². The fourth-order valence-corrected chi connectivity index (χ4v) is 3.31. The Morgan fingerprint density at radius 1 is 1.16 bits per heavy atom. The molecule has 1 amide bonds. The molecule has 0 unspecified atom stereocenters. The van der Waals surface area contributed by atoms with Gasteiger partial charge in [0, 0.05) is 44.4 Å². The third kappa shape index (κ3) is 2.82. The topological polar surface area (TPSA) is 101 Å². The third-order valence-electron chi connectivity index (χ3n) is 4.90. The second-order valence-corrected chi connectivity index (χ2v) is 6.59. The monoisotopic (exact) mass is 346 g/mol. The number of hydrogen-bond donors (Lipinski definition) is 2. The van der Waals surface area contributed by atoms with Gasteiger partial charge in [-0.25, -0.2) is 4.79 Å². The average molecular weight is 346 g/mol. The number of aryl methyl sites for hydroxylation is 3. The summed E-state index contributed by atoms with van der Waals surface area (Å²) in [7, 11) is 1.78. The van der Waals surface area contributed by atoms with E-state index in [2.05, 4.69) is 5.10 Å². The van der Waals surface area contributed by atoms with Gasteiger partial charge in [0.1, 0.15) is 11.4 Å². The molecule has 8 heteroatoms. The van der Waals surface area contributed by atoms with Crippen molar-refractivity contribution in [2.24, 2.45) is 7.05 Å². The lowest BCUT2D eigenvalue weighted by Gasteiger charge is -2.35. The van der Waals surface area contributed by atoms with Gasteiger partial charge in [0.05, 0.1) is 6.20 Å². The van der Waals surface area contributed by atoms with Crippen LogP contribution in [0.15, 0.2) is 18.3 Å². The van der Waals surface area contributed by atoms with E-state index in [1.807, 2.05) is 30.5 Å². The first kappa shape index (κ1) is 17.2. The van der Waals surface area contributed by atoms with Crippen molar-refractivity contribution in [2.75, 3.05) is 13.1 Å². The fourth-order valence-electron chi connectivity index (χ4n) is 3.31. The van der Waals surface area contributed by atoms with Crippen molar-refractivity contribution < 1.29 is 19.8 Å². The number of carbonyl (C=O) groups is 2. The van der Waals surface area contributed by atoms with E-state index in [0.29, 0.717) is 11.4 Å². The number of carboxylic acid groups (broad SMARTS) is 1. The van der Waals surface area contributed by atoms with Gasteiger partial charge in [0.25, 0.3) is 5.91 Å². The number of nitrogens with zero attached hydrogens (tertiary/aromatic N) is 4. The molecule has 1 aliphatic heterocycles. The van der Waals surface area contributed by atoms with Crippen LogP contribution in [0.2, 0.25) is 0 Å². The van der Waals surface area contributed by atoms with Gasteiger partial charge < -0.3 is 19.7 Å². The number of carboxylic acids is 1. The van der Waals surface area contributed by atoms with Crippen LogP contribution in [0.5, 0.6) is 0 Å². The van der Waals surface area contributed by atoms with E-state index >= 15 is 0 Å². The van der Waals surface area contributed by atoms with Gasteiger partial charge in [0.15, 0.2) is 5.60 Å². The number of amides is 1. The van der Waals surface area contributed by atoms with E-state index in [1.54, 1.807) is 16.6 Å². The van der Waals surface area contributed by atoms with Crippen molar-refractivity contribution in [1.82, 2.24) is 19.2 Å². The molecule has 2 N–H and O–H groups in total. The quantitative estimate of drug-likeness (QED) is 0.859. The molecule has 1 aliphatic rings. The molecule has 2 aromatic heterocycles. The number of likely N-dealkylation sites (tertiary alicyclic amines) is 1. The Balaban J connectivity index is 1.89. The highest BCUT2D eigenvalue weighted by Gasteiger charge is 2.41. The molecule has 0 spiro atoms. The second kappa shape index (κ2) is 6.03. The van der Waals surface area contributed by atoms with Crippen LogP contribution in [0.4, 0.5) is 0 Å². The summed E-state index contributed by atoms with van der Waals surface area (Å²) in [6, 6.07) is 3.95.